The number of nitrogens with one attached hydrogen (secondary N) is 1. The summed E-state index contributed by atoms with van der Waals surface area (Å²) in [6.45, 7) is 1.84. The van der Waals surface area contributed by atoms with Crippen molar-refractivity contribution in [1.82, 2.24) is 5.32 Å². The van der Waals surface area contributed by atoms with Gasteiger partial charge in [-0.2, -0.15) is 0 Å². The van der Waals surface area contributed by atoms with Gasteiger partial charge in [-0.1, -0.05) is 36.4 Å². The molecule has 0 bridgehead atoms. The zero-order valence-electron chi connectivity index (χ0n) is 14.2. The minimum atomic E-state index is -0.179. The summed E-state index contributed by atoms with van der Waals surface area (Å²) < 4.78 is 5.50. The van der Waals surface area contributed by atoms with Gasteiger partial charge in [0.15, 0.2) is 0 Å². The lowest BCUT2D eigenvalue weighted by molar-refractivity contribution is 0.125. The zero-order valence-corrected chi connectivity index (χ0v) is 14.2. The Labute approximate surface area is 148 Å². The first-order chi connectivity index (χ1) is 12.2. The minimum absolute atomic E-state index is 0.0975. The lowest BCUT2D eigenvalue weighted by atomic mass is 9.84. The van der Waals surface area contributed by atoms with E-state index in [0.717, 1.165) is 17.8 Å². The highest BCUT2D eigenvalue weighted by Gasteiger charge is 2.35. The lowest BCUT2D eigenvalue weighted by Crippen LogP contribution is -2.44. The fraction of sp³-hybridized carbons (Fsp3) is 0.350. The van der Waals surface area contributed by atoms with Crippen molar-refractivity contribution in [2.75, 3.05) is 31.3 Å². The molecule has 25 heavy (non-hydrogen) atoms. The highest BCUT2D eigenvalue weighted by Crippen LogP contribution is 2.32. The molecule has 1 saturated heterocycles. The molecule has 0 aliphatic carbocycles. The van der Waals surface area contributed by atoms with Crippen molar-refractivity contribution in [3.8, 4) is 0 Å². The van der Waals surface area contributed by atoms with Crippen molar-refractivity contribution >= 4 is 17.4 Å². The van der Waals surface area contributed by atoms with Gasteiger partial charge in [-0.25, -0.2) is 4.79 Å². The highest BCUT2D eigenvalue weighted by molar-refractivity contribution is 5.99. The summed E-state index contributed by atoms with van der Waals surface area (Å²) in [6.07, 6.45) is 1.48. The third-order valence-electron chi connectivity index (χ3n) is 4.67. The molecule has 1 fully saturated rings. The third kappa shape index (κ3) is 4.18. The van der Waals surface area contributed by atoms with Crippen LogP contribution in [0.15, 0.2) is 60.7 Å². The Morgan fingerprint density at radius 3 is 2.16 bits per heavy atom. The molecule has 0 spiro atoms. The second kappa shape index (κ2) is 8.14. The Balaban J connectivity index is 1.78. The smallest absolute Gasteiger partial charge is 0.326 e. The van der Waals surface area contributed by atoms with Crippen molar-refractivity contribution in [3.05, 3.63) is 60.7 Å². The fourth-order valence-electron chi connectivity index (χ4n) is 3.19. The van der Waals surface area contributed by atoms with Crippen LogP contribution in [0.25, 0.3) is 0 Å². The molecule has 1 aliphatic heterocycles. The molecule has 3 rings (SSSR count). The van der Waals surface area contributed by atoms with Crippen LogP contribution in [-0.4, -0.2) is 37.5 Å². The number of anilines is 2. The van der Waals surface area contributed by atoms with E-state index in [0.29, 0.717) is 26.2 Å². The largest absolute Gasteiger partial charge is 0.396 e. The van der Waals surface area contributed by atoms with Crippen molar-refractivity contribution in [2.45, 2.75) is 12.8 Å². The van der Waals surface area contributed by atoms with E-state index in [2.05, 4.69) is 5.32 Å². The van der Waals surface area contributed by atoms with Gasteiger partial charge in [-0.05, 0) is 37.1 Å². The number of aliphatic hydroxyl groups excluding tert-OH is 1. The predicted molar refractivity (Wildman–Crippen MR) is 98.0 cm³/mol. The molecule has 2 amide bonds. The van der Waals surface area contributed by atoms with Crippen molar-refractivity contribution < 1.29 is 14.6 Å². The molecule has 1 aliphatic rings. The van der Waals surface area contributed by atoms with Gasteiger partial charge in [0, 0.05) is 25.2 Å². The number of amides is 2. The summed E-state index contributed by atoms with van der Waals surface area (Å²) in [4.78, 5) is 14.6. The lowest BCUT2D eigenvalue weighted by Gasteiger charge is -2.29. The summed E-state index contributed by atoms with van der Waals surface area (Å²) in [7, 11) is 0. The maximum absolute atomic E-state index is 13.0. The first-order valence-electron chi connectivity index (χ1n) is 8.61. The van der Waals surface area contributed by atoms with E-state index >= 15 is 0 Å². The number of para-hydroxylation sites is 2. The molecule has 132 valence electrons. The Kier molecular flexibility index (Phi) is 5.68. The molecular formula is C20H24N2O3. The molecule has 0 saturated carbocycles. The van der Waals surface area contributed by atoms with E-state index in [1.165, 1.54) is 0 Å². The Bertz CT molecular complexity index is 630. The Morgan fingerprint density at radius 1 is 1.08 bits per heavy atom. The number of aliphatic hydroxyl groups is 1. The molecule has 0 aromatic heterocycles. The summed E-state index contributed by atoms with van der Waals surface area (Å²) in [6, 6.07) is 19.0. The molecule has 1 heterocycles. The molecule has 0 unspecified atom stereocenters. The predicted octanol–water partition coefficient (Wildman–Crippen LogP) is 3.32. The van der Waals surface area contributed by atoms with Crippen LogP contribution in [0.1, 0.15) is 12.8 Å². The Hall–Kier alpha value is -2.37. The van der Waals surface area contributed by atoms with Gasteiger partial charge in [-0.3, -0.25) is 4.90 Å². The van der Waals surface area contributed by atoms with Crippen LogP contribution < -0.4 is 10.2 Å². The molecule has 0 radical (unpaired) electrons. The van der Waals surface area contributed by atoms with E-state index < -0.39 is 0 Å². The minimum Gasteiger partial charge on any atom is -0.396 e. The first-order valence-corrected chi connectivity index (χ1v) is 8.61. The van der Waals surface area contributed by atoms with Crippen LogP contribution in [0.2, 0.25) is 0 Å². The number of carbonyl (C=O) groups is 1. The molecule has 5 nitrogen and oxygen atoms in total. The van der Waals surface area contributed by atoms with Gasteiger partial charge in [0.1, 0.15) is 0 Å². The number of carbonyl (C=O) groups excluding carboxylic acids is 1. The number of benzene rings is 2. The van der Waals surface area contributed by atoms with E-state index in [1.807, 2.05) is 60.7 Å². The van der Waals surface area contributed by atoms with Crippen molar-refractivity contribution in [2.24, 2.45) is 5.41 Å². The molecular weight excluding hydrogens is 316 g/mol. The van der Waals surface area contributed by atoms with Crippen LogP contribution >= 0.6 is 0 Å². The quantitative estimate of drug-likeness (QED) is 0.848. The second-order valence-corrected chi connectivity index (χ2v) is 6.44. The van der Waals surface area contributed by atoms with Gasteiger partial charge in [-0.15, -0.1) is 0 Å². The van der Waals surface area contributed by atoms with E-state index in [9.17, 15) is 9.90 Å². The zero-order chi connectivity index (χ0) is 17.5. The van der Waals surface area contributed by atoms with Crippen molar-refractivity contribution in [3.63, 3.8) is 0 Å². The molecule has 1 atom stereocenters. The average Bonchev–Trinajstić information content (AvgIpc) is 3.11. The number of urea groups is 1. The summed E-state index contributed by atoms with van der Waals surface area (Å²) in [5.41, 5.74) is 1.44. The van der Waals surface area contributed by atoms with Crippen LogP contribution in [0.3, 0.4) is 0 Å². The van der Waals surface area contributed by atoms with E-state index in [4.69, 9.17) is 4.74 Å². The first kappa shape index (κ1) is 17.5. The molecule has 2 N–H and O–H groups in total. The number of ether oxygens (including phenoxy) is 1. The number of nitrogens with zero attached hydrogens (tertiary/aromatic N) is 1. The standard InChI is InChI=1S/C20H24N2O3/c23-13-11-20(12-14-25-16-20)15-21-19(24)22(17-7-3-1-4-8-17)18-9-5-2-6-10-18/h1-10,23H,11-16H2,(H,21,24)/t20-/m0/s1. The van der Waals surface area contributed by atoms with Crippen LogP contribution in [0.4, 0.5) is 16.2 Å². The normalized spacial score (nSPS) is 19.6. The molecule has 5 heteroatoms. The second-order valence-electron chi connectivity index (χ2n) is 6.44. The number of rotatable bonds is 6. The van der Waals surface area contributed by atoms with Crippen LogP contribution in [0.5, 0.6) is 0 Å². The van der Waals surface area contributed by atoms with E-state index in [-0.39, 0.29) is 18.1 Å². The number of hydrogen-bond acceptors (Lipinski definition) is 3. The van der Waals surface area contributed by atoms with Gasteiger partial charge in [0.05, 0.1) is 18.0 Å². The SMILES string of the molecule is O=C(NC[C@]1(CCO)CCOC1)N(c1ccccc1)c1ccccc1. The average molecular weight is 340 g/mol. The maximum Gasteiger partial charge on any atom is 0.326 e. The summed E-state index contributed by atoms with van der Waals surface area (Å²) in [5.74, 6) is 0. The van der Waals surface area contributed by atoms with Gasteiger partial charge in [0.25, 0.3) is 0 Å². The van der Waals surface area contributed by atoms with Gasteiger partial charge < -0.3 is 15.2 Å². The fourth-order valence-corrected chi connectivity index (χ4v) is 3.19. The molecule has 2 aromatic rings. The molecule has 2 aromatic carbocycles. The third-order valence-corrected chi connectivity index (χ3v) is 4.67. The Morgan fingerprint density at radius 2 is 1.68 bits per heavy atom. The van der Waals surface area contributed by atoms with Gasteiger partial charge in [0.2, 0.25) is 0 Å². The number of hydrogen-bond donors (Lipinski definition) is 2. The summed E-state index contributed by atoms with van der Waals surface area (Å²) >= 11 is 0. The highest BCUT2D eigenvalue weighted by atomic mass is 16.5. The topological polar surface area (TPSA) is 61.8 Å². The summed E-state index contributed by atoms with van der Waals surface area (Å²) in [5, 5.41) is 12.4. The monoisotopic (exact) mass is 340 g/mol. The van der Waals surface area contributed by atoms with Crippen molar-refractivity contribution in [1.29, 1.82) is 0 Å². The van der Waals surface area contributed by atoms with Crippen LogP contribution in [0, 0.1) is 5.41 Å². The van der Waals surface area contributed by atoms with Gasteiger partial charge >= 0.3 is 6.03 Å². The van der Waals surface area contributed by atoms with Crippen LogP contribution in [-0.2, 0) is 4.74 Å². The van der Waals surface area contributed by atoms with E-state index in [1.54, 1.807) is 4.90 Å². The maximum atomic E-state index is 13.0.